The number of hydrogen-bond donors (Lipinski definition) is 3. The van der Waals surface area contributed by atoms with Crippen LogP contribution in [-0.4, -0.2) is 42.8 Å². The van der Waals surface area contributed by atoms with Gasteiger partial charge >= 0.3 is 12.1 Å². The van der Waals surface area contributed by atoms with Gasteiger partial charge in [0.25, 0.3) is 0 Å². The van der Waals surface area contributed by atoms with Gasteiger partial charge in [-0.1, -0.05) is 66.7 Å². The first-order valence-electron chi connectivity index (χ1n) is 11.7. The highest BCUT2D eigenvalue weighted by molar-refractivity contribution is 5.86. The predicted molar refractivity (Wildman–Crippen MR) is 134 cm³/mol. The first-order chi connectivity index (χ1) is 17.5. The van der Waals surface area contributed by atoms with Crippen molar-refractivity contribution in [1.82, 2.24) is 10.6 Å². The number of rotatable bonds is 10. The molecule has 0 heterocycles. The number of carboxylic acids is 1. The zero-order chi connectivity index (χ0) is 25.5. The number of ether oxygens (including phenoxy) is 2. The molecule has 1 atom stereocenters. The molecule has 0 aliphatic heterocycles. The molecule has 3 aromatic carbocycles. The molecule has 3 N–H and O–H groups in total. The zero-order valence-electron chi connectivity index (χ0n) is 19.9. The molecular weight excluding hydrogens is 460 g/mol. The van der Waals surface area contributed by atoms with Gasteiger partial charge < -0.3 is 25.2 Å². The third-order valence-corrected chi connectivity index (χ3v) is 6.24. The number of amides is 2. The summed E-state index contributed by atoms with van der Waals surface area (Å²) in [7, 11) is 1.54. The number of methoxy groups -OCH3 is 1. The highest BCUT2D eigenvalue weighted by Gasteiger charge is 2.30. The maximum Gasteiger partial charge on any atom is 0.407 e. The summed E-state index contributed by atoms with van der Waals surface area (Å²) in [6, 6.07) is 22.1. The lowest BCUT2D eigenvalue weighted by molar-refractivity contribution is -0.137. The predicted octanol–water partition coefficient (Wildman–Crippen LogP) is 4.08. The summed E-state index contributed by atoms with van der Waals surface area (Å²) in [5.41, 5.74) is 5.12. The Morgan fingerprint density at radius 3 is 2.17 bits per heavy atom. The van der Waals surface area contributed by atoms with Crippen LogP contribution in [-0.2, 0) is 20.9 Å². The van der Waals surface area contributed by atoms with Gasteiger partial charge in [0.15, 0.2) is 0 Å². The van der Waals surface area contributed by atoms with E-state index < -0.39 is 24.0 Å². The Hall–Kier alpha value is -4.33. The Balaban J connectivity index is 1.39. The number of carboxylic acid groups (broad SMARTS) is 1. The van der Waals surface area contributed by atoms with Crippen molar-refractivity contribution < 1.29 is 29.0 Å². The highest BCUT2D eigenvalue weighted by atomic mass is 16.5. The van der Waals surface area contributed by atoms with Gasteiger partial charge in [0.2, 0.25) is 5.91 Å². The molecular formula is C28H28N2O6. The van der Waals surface area contributed by atoms with Crippen LogP contribution in [0.3, 0.4) is 0 Å². The van der Waals surface area contributed by atoms with Crippen molar-refractivity contribution in [2.75, 3.05) is 13.7 Å². The van der Waals surface area contributed by atoms with E-state index in [-0.39, 0.29) is 31.9 Å². The molecule has 1 aliphatic rings. The monoisotopic (exact) mass is 488 g/mol. The fourth-order valence-corrected chi connectivity index (χ4v) is 4.47. The Morgan fingerprint density at radius 2 is 1.53 bits per heavy atom. The molecule has 0 saturated carbocycles. The van der Waals surface area contributed by atoms with E-state index >= 15 is 0 Å². The van der Waals surface area contributed by atoms with E-state index in [0.29, 0.717) is 5.75 Å². The number of benzene rings is 3. The largest absolute Gasteiger partial charge is 0.496 e. The first kappa shape index (κ1) is 24.8. The minimum absolute atomic E-state index is 0.0721. The number of aliphatic carboxylic acids is 1. The number of nitrogens with one attached hydrogen (secondary N) is 2. The van der Waals surface area contributed by atoms with E-state index in [9.17, 15) is 14.4 Å². The Kier molecular flexibility index (Phi) is 7.85. The molecule has 186 valence electrons. The SMILES string of the molecule is COc1ccccc1CNC(=O)[C@H](CCC(=O)O)NC(=O)OCC1c2ccccc2-c2ccccc21. The topological polar surface area (TPSA) is 114 Å². The number of hydrogen-bond acceptors (Lipinski definition) is 5. The normalized spacial score (nSPS) is 12.7. The lowest BCUT2D eigenvalue weighted by atomic mass is 9.98. The molecule has 0 spiro atoms. The third-order valence-electron chi connectivity index (χ3n) is 6.24. The van der Waals surface area contributed by atoms with Crippen LogP contribution in [0.4, 0.5) is 4.79 Å². The maximum atomic E-state index is 12.8. The van der Waals surface area contributed by atoms with Gasteiger partial charge in [-0.3, -0.25) is 9.59 Å². The molecule has 0 fully saturated rings. The average Bonchev–Trinajstić information content (AvgIpc) is 3.22. The van der Waals surface area contributed by atoms with Crippen LogP contribution in [0.25, 0.3) is 11.1 Å². The van der Waals surface area contributed by atoms with Gasteiger partial charge in [0.05, 0.1) is 7.11 Å². The van der Waals surface area contributed by atoms with Gasteiger partial charge in [0.1, 0.15) is 18.4 Å². The summed E-state index contributed by atoms with van der Waals surface area (Å²) in [4.78, 5) is 36.6. The van der Waals surface area contributed by atoms with Crippen molar-refractivity contribution >= 4 is 18.0 Å². The molecule has 2 amide bonds. The van der Waals surface area contributed by atoms with Crippen LogP contribution in [0.15, 0.2) is 72.8 Å². The van der Waals surface area contributed by atoms with Crippen LogP contribution in [0, 0.1) is 0 Å². The second-order valence-electron chi connectivity index (χ2n) is 8.48. The molecule has 1 aliphatic carbocycles. The molecule has 3 aromatic rings. The minimum atomic E-state index is -1.06. The molecule has 0 aromatic heterocycles. The molecule has 8 nitrogen and oxygen atoms in total. The quantitative estimate of drug-likeness (QED) is 0.396. The second kappa shape index (κ2) is 11.4. The fraction of sp³-hybridized carbons (Fsp3) is 0.250. The Bertz CT molecular complexity index is 1210. The van der Waals surface area contributed by atoms with E-state index in [2.05, 4.69) is 10.6 Å². The van der Waals surface area contributed by atoms with Gasteiger partial charge in [0, 0.05) is 24.4 Å². The summed E-state index contributed by atoms with van der Waals surface area (Å²) in [5, 5.41) is 14.4. The molecule has 0 saturated heterocycles. The molecule has 36 heavy (non-hydrogen) atoms. The van der Waals surface area contributed by atoms with Crippen LogP contribution in [0.2, 0.25) is 0 Å². The standard InChI is InChI=1S/C28H28N2O6/c1-35-25-13-7-2-8-18(25)16-29-27(33)24(14-15-26(31)32)30-28(34)36-17-23-21-11-5-3-9-19(21)20-10-4-6-12-22(20)23/h2-13,23-24H,14-17H2,1H3,(H,29,33)(H,30,34)(H,31,32)/t24-/m0/s1. The number of alkyl carbamates (subject to hydrolysis) is 1. The van der Waals surface area contributed by atoms with E-state index in [0.717, 1.165) is 27.8 Å². The summed E-state index contributed by atoms with van der Waals surface area (Å²) in [5.74, 6) is -1.08. The zero-order valence-corrected chi connectivity index (χ0v) is 19.9. The summed E-state index contributed by atoms with van der Waals surface area (Å²) < 4.78 is 10.8. The average molecular weight is 489 g/mol. The summed E-state index contributed by atoms with van der Waals surface area (Å²) in [6.07, 6.45) is -1.13. The van der Waals surface area contributed by atoms with Crippen LogP contribution < -0.4 is 15.4 Å². The van der Waals surface area contributed by atoms with E-state index in [4.69, 9.17) is 14.6 Å². The van der Waals surface area contributed by atoms with E-state index in [1.165, 1.54) is 7.11 Å². The number of carbonyl (C=O) groups is 3. The van der Waals surface area contributed by atoms with Crippen molar-refractivity contribution in [2.24, 2.45) is 0 Å². The van der Waals surface area contributed by atoms with Crippen LogP contribution >= 0.6 is 0 Å². The smallest absolute Gasteiger partial charge is 0.407 e. The summed E-state index contributed by atoms with van der Waals surface area (Å²) in [6.45, 7) is 0.257. The van der Waals surface area contributed by atoms with Crippen molar-refractivity contribution in [3.05, 3.63) is 89.5 Å². The van der Waals surface area contributed by atoms with Crippen molar-refractivity contribution in [2.45, 2.75) is 31.3 Å². The first-order valence-corrected chi connectivity index (χ1v) is 11.7. The lowest BCUT2D eigenvalue weighted by Crippen LogP contribution is -2.47. The highest BCUT2D eigenvalue weighted by Crippen LogP contribution is 2.44. The summed E-state index contributed by atoms with van der Waals surface area (Å²) >= 11 is 0. The molecule has 0 bridgehead atoms. The maximum absolute atomic E-state index is 12.8. The Labute approximate surface area is 209 Å². The lowest BCUT2D eigenvalue weighted by Gasteiger charge is -2.19. The van der Waals surface area contributed by atoms with Gasteiger partial charge in [-0.05, 0) is 34.7 Å². The molecule has 8 heteroatoms. The molecule has 4 rings (SSSR count). The number of fused-ring (bicyclic) bond motifs is 3. The number of para-hydroxylation sites is 1. The minimum Gasteiger partial charge on any atom is -0.496 e. The van der Waals surface area contributed by atoms with Gasteiger partial charge in [-0.15, -0.1) is 0 Å². The third kappa shape index (κ3) is 5.66. The van der Waals surface area contributed by atoms with Crippen LogP contribution in [0.1, 0.15) is 35.4 Å². The van der Waals surface area contributed by atoms with E-state index in [1.807, 2.05) is 66.7 Å². The number of carbonyl (C=O) groups excluding carboxylic acids is 2. The Morgan fingerprint density at radius 1 is 0.917 bits per heavy atom. The molecule has 0 unspecified atom stereocenters. The van der Waals surface area contributed by atoms with Crippen molar-refractivity contribution in [3.63, 3.8) is 0 Å². The molecule has 0 radical (unpaired) electrons. The van der Waals surface area contributed by atoms with Gasteiger partial charge in [-0.25, -0.2) is 4.79 Å². The second-order valence-corrected chi connectivity index (χ2v) is 8.48. The van der Waals surface area contributed by atoms with Crippen LogP contribution in [0.5, 0.6) is 5.75 Å². The fourth-order valence-electron chi connectivity index (χ4n) is 4.47. The van der Waals surface area contributed by atoms with E-state index in [1.54, 1.807) is 6.07 Å². The van der Waals surface area contributed by atoms with Crippen molar-refractivity contribution in [3.8, 4) is 16.9 Å². The van der Waals surface area contributed by atoms with Crippen molar-refractivity contribution in [1.29, 1.82) is 0 Å². The van der Waals surface area contributed by atoms with Gasteiger partial charge in [-0.2, -0.15) is 0 Å².